The third-order valence-electron chi connectivity index (χ3n) is 4.12. The van der Waals surface area contributed by atoms with Gasteiger partial charge in [0, 0.05) is 45.3 Å². The zero-order valence-corrected chi connectivity index (χ0v) is 14.1. The van der Waals surface area contributed by atoms with Crippen LogP contribution >= 0.6 is 0 Å². The minimum absolute atomic E-state index is 0.158. The van der Waals surface area contributed by atoms with Gasteiger partial charge in [0.2, 0.25) is 5.91 Å². The fourth-order valence-corrected chi connectivity index (χ4v) is 2.65. The zero-order valence-electron chi connectivity index (χ0n) is 14.1. The van der Waals surface area contributed by atoms with Crippen LogP contribution in [-0.4, -0.2) is 60.9 Å². The number of aryl methyl sites for hydroxylation is 1. The van der Waals surface area contributed by atoms with E-state index in [1.807, 2.05) is 17.0 Å². The Labute approximate surface area is 138 Å². The molecule has 1 heterocycles. The Morgan fingerprint density at radius 1 is 1.30 bits per heavy atom. The monoisotopic (exact) mass is 317 g/mol. The van der Waals surface area contributed by atoms with Crippen molar-refractivity contribution in [2.45, 2.75) is 20.3 Å². The SMILES string of the molecule is CCc1cccc(NC(N)=NCCN2CCN(C(C)=O)CC2)c1. The van der Waals surface area contributed by atoms with Crippen LogP contribution in [0.15, 0.2) is 29.3 Å². The van der Waals surface area contributed by atoms with Gasteiger partial charge in [-0.3, -0.25) is 14.7 Å². The molecule has 0 atom stereocenters. The summed E-state index contributed by atoms with van der Waals surface area (Å²) < 4.78 is 0. The summed E-state index contributed by atoms with van der Waals surface area (Å²) in [4.78, 5) is 19.9. The van der Waals surface area contributed by atoms with Crippen molar-refractivity contribution in [2.24, 2.45) is 10.7 Å². The Morgan fingerprint density at radius 3 is 2.70 bits per heavy atom. The lowest BCUT2D eigenvalue weighted by Crippen LogP contribution is -2.48. The normalized spacial score (nSPS) is 16.4. The van der Waals surface area contributed by atoms with E-state index in [9.17, 15) is 4.79 Å². The van der Waals surface area contributed by atoms with Crippen molar-refractivity contribution in [1.82, 2.24) is 9.80 Å². The first-order valence-corrected chi connectivity index (χ1v) is 8.22. The number of piperazine rings is 1. The fourth-order valence-electron chi connectivity index (χ4n) is 2.65. The highest BCUT2D eigenvalue weighted by atomic mass is 16.2. The standard InChI is InChI=1S/C17H27N5O/c1-3-15-5-4-6-16(13-15)20-17(18)19-7-8-21-9-11-22(12-10-21)14(2)23/h4-6,13H,3,7-12H2,1-2H3,(H3,18,19,20). The van der Waals surface area contributed by atoms with Gasteiger partial charge in [0.1, 0.15) is 0 Å². The predicted molar refractivity (Wildman–Crippen MR) is 94.6 cm³/mol. The molecular formula is C17H27N5O. The Balaban J connectivity index is 1.74. The highest BCUT2D eigenvalue weighted by Gasteiger charge is 2.17. The molecule has 2 rings (SSSR count). The molecule has 126 valence electrons. The molecule has 0 unspecified atom stereocenters. The van der Waals surface area contributed by atoms with Crippen molar-refractivity contribution in [2.75, 3.05) is 44.6 Å². The summed E-state index contributed by atoms with van der Waals surface area (Å²) >= 11 is 0. The molecule has 1 aromatic carbocycles. The van der Waals surface area contributed by atoms with E-state index in [-0.39, 0.29) is 5.91 Å². The number of anilines is 1. The highest BCUT2D eigenvalue weighted by molar-refractivity contribution is 5.92. The molecule has 1 saturated heterocycles. The first-order valence-electron chi connectivity index (χ1n) is 8.22. The van der Waals surface area contributed by atoms with Crippen LogP contribution < -0.4 is 11.1 Å². The summed E-state index contributed by atoms with van der Waals surface area (Å²) in [5.74, 6) is 0.603. The van der Waals surface area contributed by atoms with Gasteiger partial charge in [-0.2, -0.15) is 0 Å². The van der Waals surface area contributed by atoms with Gasteiger partial charge in [-0.1, -0.05) is 19.1 Å². The third-order valence-corrected chi connectivity index (χ3v) is 4.12. The van der Waals surface area contributed by atoms with Gasteiger partial charge in [0.25, 0.3) is 0 Å². The van der Waals surface area contributed by atoms with Crippen LogP contribution in [0.2, 0.25) is 0 Å². The van der Waals surface area contributed by atoms with Gasteiger partial charge >= 0.3 is 0 Å². The van der Waals surface area contributed by atoms with Crippen molar-refractivity contribution < 1.29 is 4.79 Å². The smallest absolute Gasteiger partial charge is 0.219 e. The molecule has 1 aliphatic rings. The van der Waals surface area contributed by atoms with E-state index in [1.54, 1.807) is 6.92 Å². The lowest BCUT2D eigenvalue weighted by Gasteiger charge is -2.33. The Bertz CT molecular complexity index is 550. The lowest BCUT2D eigenvalue weighted by atomic mass is 10.1. The summed E-state index contributed by atoms with van der Waals surface area (Å²) in [7, 11) is 0. The van der Waals surface area contributed by atoms with Crippen LogP contribution in [0.3, 0.4) is 0 Å². The van der Waals surface area contributed by atoms with Gasteiger partial charge in [0.05, 0.1) is 6.54 Å². The van der Waals surface area contributed by atoms with Crippen molar-refractivity contribution >= 4 is 17.6 Å². The first-order chi connectivity index (χ1) is 11.1. The molecule has 1 aliphatic heterocycles. The molecule has 0 radical (unpaired) electrons. The molecule has 0 aliphatic carbocycles. The van der Waals surface area contributed by atoms with E-state index in [0.717, 1.165) is 44.8 Å². The van der Waals surface area contributed by atoms with Crippen molar-refractivity contribution in [3.8, 4) is 0 Å². The van der Waals surface area contributed by atoms with E-state index in [2.05, 4.69) is 34.3 Å². The number of nitrogens with one attached hydrogen (secondary N) is 1. The second-order valence-electron chi connectivity index (χ2n) is 5.79. The van der Waals surface area contributed by atoms with Crippen molar-refractivity contribution in [1.29, 1.82) is 0 Å². The molecular weight excluding hydrogens is 290 g/mol. The summed E-state index contributed by atoms with van der Waals surface area (Å²) in [6.07, 6.45) is 0.999. The van der Waals surface area contributed by atoms with Crippen LogP contribution in [0.5, 0.6) is 0 Å². The van der Waals surface area contributed by atoms with Crippen molar-refractivity contribution in [3.63, 3.8) is 0 Å². The zero-order chi connectivity index (χ0) is 16.7. The van der Waals surface area contributed by atoms with E-state index in [4.69, 9.17) is 5.73 Å². The third kappa shape index (κ3) is 5.56. The fraction of sp³-hybridized carbons (Fsp3) is 0.529. The van der Waals surface area contributed by atoms with Crippen LogP contribution in [0.25, 0.3) is 0 Å². The van der Waals surface area contributed by atoms with E-state index in [0.29, 0.717) is 12.5 Å². The number of amides is 1. The molecule has 3 N–H and O–H groups in total. The maximum absolute atomic E-state index is 11.3. The van der Waals surface area contributed by atoms with Crippen LogP contribution in [-0.2, 0) is 11.2 Å². The average molecular weight is 317 g/mol. The summed E-state index contributed by atoms with van der Waals surface area (Å²) in [5, 5.41) is 3.13. The molecule has 6 nitrogen and oxygen atoms in total. The molecule has 1 aromatic rings. The molecule has 0 aromatic heterocycles. The Kier molecular flexibility index (Phi) is 6.40. The Hall–Kier alpha value is -2.08. The highest BCUT2D eigenvalue weighted by Crippen LogP contribution is 2.10. The molecule has 0 spiro atoms. The molecule has 0 bridgehead atoms. The number of carbonyl (C=O) groups excluding carboxylic acids is 1. The van der Waals surface area contributed by atoms with Crippen LogP contribution in [0.4, 0.5) is 5.69 Å². The first kappa shape index (κ1) is 17.3. The number of hydrogen-bond acceptors (Lipinski definition) is 3. The quantitative estimate of drug-likeness (QED) is 0.631. The van der Waals surface area contributed by atoms with Gasteiger partial charge in [0.15, 0.2) is 5.96 Å². The predicted octanol–water partition coefficient (Wildman–Crippen LogP) is 1.14. The topological polar surface area (TPSA) is 74.0 Å². The number of benzene rings is 1. The molecule has 23 heavy (non-hydrogen) atoms. The molecule has 6 heteroatoms. The number of guanidine groups is 1. The minimum Gasteiger partial charge on any atom is -0.370 e. The van der Waals surface area contributed by atoms with E-state index < -0.39 is 0 Å². The second-order valence-corrected chi connectivity index (χ2v) is 5.79. The lowest BCUT2D eigenvalue weighted by molar-refractivity contribution is -0.130. The number of hydrogen-bond donors (Lipinski definition) is 2. The summed E-state index contributed by atoms with van der Waals surface area (Å²) in [6, 6.07) is 8.19. The Morgan fingerprint density at radius 2 is 2.04 bits per heavy atom. The van der Waals surface area contributed by atoms with Gasteiger partial charge in [-0.25, -0.2) is 0 Å². The number of carbonyl (C=O) groups is 1. The molecule has 1 amide bonds. The van der Waals surface area contributed by atoms with E-state index >= 15 is 0 Å². The van der Waals surface area contributed by atoms with Crippen molar-refractivity contribution in [3.05, 3.63) is 29.8 Å². The average Bonchev–Trinajstić information content (AvgIpc) is 2.55. The number of nitrogens with two attached hydrogens (primary N) is 1. The molecule has 0 saturated carbocycles. The summed E-state index contributed by atoms with van der Waals surface area (Å²) in [6.45, 7) is 8.69. The largest absolute Gasteiger partial charge is 0.370 e. The summed E-state index contributed by atoms with van der Waals surface area (Å²) in [5.41, 5.74) is 8.18. The number of aliphatic imine (C=N–C) groups is 1. The van der Waals surface area contributed by atoms with Crippen LogP contribution in [0.1, 0.15) is 19.4 Å². The maximum Gasteiger partial charge on any atom is 0.219 e. The number of nitrogens with zero attached hydrogens (tertiary/aromatic N) is 3. The minimum atomic E-state index is 0.158. The van der Waals surface area contributed by atoms with Gasteiger partial charge < -0.3 is 16.0 Å². The second kappa shape index (κ2) is 8.53. The van der Waals surface area contributed by atoms with Crippen LogP contribution in [0, 0.1) is 0 Å². The van der Waals surface area contributed by atoms with E-state index in [1.165, 1.54) is 5.56 Å². The molecule has 1 fully saturated rings. The van der Waals surface area contributed by atoms with Gasteiger partial charge in [-0.05, 0) is 24.1 Å². The van der Waals surface area contributed by atoms with Gasteiger partial charge in [-0.15, -0.1) is 0 Å². The maximum atomic E-state index is 11.3. The number of rotatable bonds is 5.